The molecule has 0 aliphatic rings. The summed E-state index contributed by atoms with van der Waals surface area (Å²) in [6.07, 6.45) is 0.913. The summed E-state index contributed by atoms with van der Waals surface area (Å²) in [4.78, 5) is 12.3. The Morgan fingerprint density at radius 3 is 2.73 bits per heavy atom. The van der Waals surface area contributed by atoms with Crippen molar-refractivity contribution in [1.29, 1.82) is 5.26 Å². The number of nitriles is 1. The molecular weight excluding hydrogens is 359 g/mol. The molecule has 7 heteroatoms. The predicted molar refractivity (Wildman–Crippen MR) is 97.5 cm³/mol. The molecule has 0 radical (unpaired) electrons. The zero-order valence-electron chi connectivity index (χ0n) is 14.1. The van der Waals surface area contributed by atoms with Crippen LogP contribution in [-0.2, 0) is 4.79 Å². The number of nitrogens with zero attached hydrogens (tertiary/aromatic N) is 1. The average molecular weight is 375 g/mol. The van der Waals surface area contributed by atoms with Gasteiger partial charge in [0.25, 0.3) is 5.91 Å². The summed E-state index contributed by atoms with van der Waals surface area (Å²) >= 11 is 5.85. The van der Waals surface area contributed by atoms with E-state index in [1.54, 1.807) is 38.1 Å². The van der Waals surface area contributed by atoms with Gasteiger partial charge in [0.1, 0.15) is 11.6 Å². The number of nitrogens with one attached hydrogen (secondary N) is 1. The van der Waals surface area contributed by atoms with Gasteiger partial charge in [-0.25, -0.2) is 4.39 Å². The highest BCUT2D eigenvalue weighted by Gasteiger charge is 2.14. The monoisotopic (exact) mass is 374 g/mol. The van der Waals surface area contributed by atoms with Crippen molar-refractivity contribution in [3.8, 4) is 17.6 Å². The molecule has 2 aromatic carbocycles. The Balaban J connectivity index is 2.32. The first-order valence-corrected chi connectivity index (χ1v) is 8.06. The van der Waals surface area contributed by atoms with Gasteiger partial charge in [0.2, 0.25) is 0 Å². The van der Waals surface area contributed by atoms with Gasteiger partial charge in [0.15, 0.2) is 17.3 Å². The number of rotatable bonds is 5. The van der Waals surface area contributed by atoms with E-state index >= 15 is 0 Å². The minimum Gasteiger partial charge on any atom is -0.502 e. The summed E-state index contributed by atoms with van der Waals surface area (Å²) in [5.41, 5.74) is 0.378. The molecule has 0 saturated heterocycles. The Bertz CT molecular complexity index is 904. The first kappa shape index (κ1) is 19.3. The van der Waals surface area contributed by atoms with Crippen LogP contribution >= 0.6 is 11.6 Å². The predicted octanol–water partition coefficient (Wildman–Crippen LogP) is 4.52. The molecule has 1 amide bonds. The van der Waals surface area contributed by atoms with Gasteiger partial charge >= 0.3 is 0 Å². The molecule has 2 aromatic rings. The molecule has 0 heterocycles. The van der Waals surface area contributed by atoms with E-state index in [1.807, 2.05) is 0 Å². The number of phenolic OH excluding ortho intramolecular Hbond substituents is 1. The first-order valence-electron chi connectivity index (χ1n) is 7.68. The first-order chi connectivity index (χ1) is 12.3. The Morgan fingerprint density at radius 1 is 1.38 bits per heavy atom. The molecule has 0 atom stereocenters. The van der Waals surface area contributed by atoms with Crippen molar-refractivity contribution in [2.24, 2.45) is 0 Å². The lowest BCUT2D eigenvalue weighted by Crippen LogP contribution is -2.13. The second kappa shape index (κ2) is 8.37. The number of benzene rings is 2. The number of ether oxygens (including phenoxy) is 1. The fourth-order valence-electron chi connectivity index (χ4n) is 2.10. The molecule has 0 aromatic heterocycles. The van der Waals surface area contributed by atoms with E-state index in [4.69, 9.17) is 16.3 Å². The van der Waals surface area contributed by atoms with Crippen LogP contribution in [0, 0.1) is 17.1 Å². The summed E-state index contributed by atoms with van der Waals surface area (Å²) in [6, 6.07) is 10.6. The average Bonchev–Trinajstić information content (AvgIpc) is 2.56. The number of anilines is 1. The number of amides is 1. The fourth-order valence-corrected chi connectivity index (χ4v) is 2.29. The summed E-state index contributed by atoms with van der Waals surface area (Å²) in [7, 11) is 0. The standard InChI is InChI=1S/C19H16ClFN2O3/c1-11(2)26-17-8-12(7-16(21)18(17)24)6-13(10-22)19(25)23-15-5-3-4-14(20)9-15/h3-9,11,24H,1-2H3,(H,23,25). The second-order valence-corrected chi connectivity index (χ2v) is 6.09. The van der Waals surface area contributed by atoms with E-state index in [9.17, 15) is 19.6 Å². The van der Waals surface area contributed by atoms with Crippen molar-refractivity contribution >= 4 is 29.3 Å². The van der Waals surface area contributed by atoms with Crippen molar-refractivity contribution in [3.63, 3.8) is 0 Å². The number of phenols is 1. The highest BCUT2D eigenvalue weighted by Crippen LogP contribution is 2.32. The van der Waals surface area contributed by atoms with E-state index in [-0.39, 0.29) is 23.0 Å². The largest absolute Gasteiger partial charge is 0.502 e. The topological polar surface area (TPSA) is 82.3 Å². The van der Waals surface area contributed by atoms with Crippen molar-refractivity contribution in [2.45, 2.75) is 20.0 Å². The molecule has 5 nitrogen and oxygen atoms in total. The van der Waals surface area contributed by atoms with E-state index in [0.717, 1.165) is 6.07 Å². The molecular formula is C19H16ClFN2O3. The molecule has 0 spiro atoms. The Hall–Kier alpha value is -3.04. The maximum Gasteiger partial charge on any atom is 0.266 e. The van der Waals surface area contributed by atoms with Crippen LogP contribution in [0.15, 0.2) is 42.0 Å². The molecule has 0 unspecified atom stereocenters. The van der Waals surface area contributed by atoms with Crippen LogP contribution in [0.2, 0.25) is 5.02 Å². The molecule has 26 heavy (non-hydrogen) atoms. The minimum atomic E-state index is -0.915. The van der Waals surface area contributed by atoms with Crippen LogP contribution in [-0.4, -0.2) is 17.1 Å². The SMILES string of the molecule is CC(C)Oc1cc(C=C(C#N)C(=O)Nc2cccc(Cl)c2)cc(F)c1O. The van der Waals surface area contributed by atoms with Gasteiger partial charge in [-0.05, 0) is 55.8 Å². The lowest BCUT2D eigenvalue weighted by Gasteiger charge is -2.12. The zero-order chi connectivity index (χ0) is 19.3. The summed E-state index contributed by atoms with van der Waals surface area (Å²) in [6.45, 7) is 3.44. The van der Waals surface area contributed by atoms with Crippen molar-refractivity contribution in [1.82, 2.24) is 0 Å². The quantitative estimate of drug-likeness (QED) is 0.595. The number of halogens is 2. The van der Waals surface area contributed by atoms with Gasteiger partial charge in [-0.15, -0.1) is 0 Å². The normalized spacial score (nSPS) is 11.2. The van der Waals surface area contributed by atoms with Gasteiger partial charge < -0.3 is 15.2 Å². The van der Waals surface area contributed by atoms with Crippen molar-refractivity contribution in [2.75, 3.05) is 5.32 Å². The number of hydrogen-bond donors (Lipinski definition) is 2. The minimum absolute atomic E-state index is 0.0706. The van der Waals surface area contributed by atoms with Crippen molar-refractivity contribution in [3.05, 3.63) is 58.4 Å². The number of carbonyl (C=O) groups excluding carboxylic acids is 1. The van der Waals surface area contributed by atoms with Gasteiger partial charge in [0.05, 0.1) is 6.10 Å². The van der Waals surface area contributed by atoms with Crippen LogP contribution in [0.5, 0.6) is 11.5 Å². The Kier molecular flexibility index (Phi) is 6.21. The third-order valence-electron chi connectivity index (χ3n) is 3.17. The van der Waals surface area contributed by atoms with Crippen LogP contribution in [0.3, 0.4) is 0 Å². The Labute approximate surface area is 155 Å². The highest BCUT2D eigenvalue weighted by molar-refractivity contribution is 6.31. The van der Waals surface area contributed by atoms with Gasteiger partial charge in [-0.2, -0.15) is 5.26 Å². The summed E-state index contributed by atoms with van der Waals surface area (Å²) in [5.74, 6) is -2.28. The van der Waals surface area contributed by atoms with E-state index in [2.05, 4.69) is 5.32 Å². The van der Waals surface area contributed by atoms with Crippen LogP contribution in [0.1, 0.15) is 19.4 Å². The number of aromatic hydroxyl groups is 1. The Morgan fingerprint density at radius 2 is 2.12 bits per heavy atom. The fraction of sp³-hybridized carbons (Fsp3) is 0.158. The summed E-state index contributed by atoms with van der Waals surface area (Å²) < 4.78 is 19.2. The van der Waals surface area contributed by atoms with E-state index in [0.29, 0.717) is 10.7 Å². The van der Waals surface area contributed by atoms with E-state index in [1.165, 1.54) is 18.2 Å². The van der Waals surface area contributed by atoms with Gasteiger partial charge in [0, 0.05) is 10.7 Å². The molecule has 0 aliphatic heterocycles. The highest BCUT2D eigenvalue weighted by atomic mass is 35.5. The second-order valence-electron chi connectivity index (χ2n) is 5.65. The lowest BCUT2D eigenvalue weighted by atomic mass is 10.1. The molecule has 0 saturated carbocycles. The van der Waals surface area contributed by atoms with Crippen molar-refractivity contribution < 1.29 is 19.0 Å². The van der Waals surface area contributed by atoms with Gasteiger partial charge in [-0.1, -0.05) is 17.7 Å². The third kappa shape index (κ3) is 4.98. The summed E-state index contributed by atoms with van der Waals surface area (Å²) in [5, 5.41) is 21.9. The molecule has 134 valence electrons. The molecule has 2 rings (SSSR count). The maximum atomic E-state index is 13.9. The zero-order valence-corrected chi connectivity index (χ0v) is 14.8. The molecule has 0 aliphatic carbocycles. The lowest BCUT2D eigenvalue weighted by molar-refractivity contribution is -0.112. The van der Waals surface area contributed by atoms with Crippen LogP contribution < -0.4 is 10.1 Å². The van der Waals surface area contributed by atoms with E-state index < -0.39 is 17.5 Å². The smallest absolute Gasteiger partial charge is 0.266 e. The van der Waals surface area contributed by atoms with Crippen LogP contribution in [0.4, 0.5) is 10.1 Å². The number of hydrogen-bond acceptors (Lipinski definition) is 4. The van der Waals surface area contributed by atoms with Gasteiger partial charge in [-0.3, -0.25) is 4.79 Å². The molecule has 0 fully saturated rings. The third-order valence-corrected chi connectivity index (χ3v) is 3.41. The maximum absolute atomic E-state index is 13.9. The van der Waals surface area contributed by atoms with Crippen LogP contribution in [0.25, 0.3) is 6.08 Å². The molecule has 0 bridgehead atoms. The molecule has 2 N–H and O–H groups in total. The number of carbonyl (C=O) groups is 1.